The van der Waals surface area contributed by atoms with Crippen molar-refractivity contribution >= 4 is 0 Å². The van der Waals surface area contributed by atoms with Crippen LogP contribution in [-0.2, 0) is 0 Å². The van der Waals surface area contributed by atoms with E-state index < -0.39 is 0 Å². The zero-order valence-electron chi connectivity index (χ0n) is 7.94. The van der Waals surface area contributed by atoms with Gasteiger partial charge in [0, 0.05) is 5.29 Å². The Morgan fingerprint density at radius 1 is 1.08 bits per heavy atom. The van der Waals surface area contributed by atoms with E-state index in [4.69, 9.17) is 0 Å². The lowest BCUT2D eigenvalue weighted by atomic mass is 9.92. The normalized spacial score (nSPS) is 57.0. The third-order valence-corrected chi connectivity index (χ3v) is 4.46. The van der Waals surface area contributed by atoms with E-state index >= 15 is 0 Å². The van der Waals surface area contributed by atoms with Crippen LogP contribution in [0.1, 0.15) is 26.2 Å². The van der Waals surface area contributed by atoms with Crippen LogP contribution in [0.2, 0.25) is 0 Å². The van der Waals surface area contributed by atoms with Gasteiger partial charge in [-0.1, -0.05) is 6.92 Å². The predicted octanol–water partition coefficient (Wildman–Crippen LogP) is 1.94. The van der Waals surface area contributed by atoms with Crippen LogP contribution in [0, 0.1) is 34.5 Å². The number of nitrogens with zero attached hydrogens (tertiary/aromatic N) is 1. The molecule has 0 saturated heterocycles. The average Bonchev–Trinajstić information content (AvgIpc) is 2.71. The fraction of sp³-hybridized carbons (Fsp3) is 1.00. The molecule has 72 valence electrons. The molecule has 0 spiro atoms. The highest BCUT2D eigenvalue weighted by Gasteiger charge is 2.61. The number of nitrogens with one attached hydrogen (secondary N) is 1. The maximum absolute atomic E-state index is 10.2. The molecule has 0 heterocycles. The van der Waals surface area contributed by atoms with Gasteiger partial charge in [0.25, 0.3) is 0 Å². The van der Waals surface area contributed by atoms with E-state index in [-0.39, 0.29) is 0 Å². The summed E-state index contributed by atoms with van der Waals surface area (Å²) in [6.45, 7) is 2.33. The summed E-state index contributed by atoms with van der Waals surface area (Å²) in [6.07, 6.45) is 4.05. The fourth-order valence-electron chi connectivity index (χ4n) is 3.99. The Kier molecular flexibility index (Phi) is 1.47. The first-order chi connectivity index (χ1) is 6.31. The Bertz CT molecular complexity index is 243. The molecule has 3 aliphatic carbocycles. The van der Waals surface area contributed by atoms with Gasteiger partial charge in [-0.2, -0.15) is 0 Å². The highest BCUT2D eigenvalue weighted by Crippen LogP contribution is 2.64. The summed E-state index contributed by atoms with van der Waals surface area (Å²) in [7, 11) is 0. The van der Waals surface area contributed by atoms with Crippen molar-refractivity contribution in [3.63, 3.8) is 0 Å². The van der Waals surface area contributed by atoms with E-state index in [9.17, 15) is 4.91 Å². The molecule has 13 heavy (non-hydrogen) atoms. The quantitative estimate of drug-likeness (QED) is 0.521. The van der Waals surface area contributed by atoms with Crippen molar-refractivity contribution in [3.05, 3.63) is 4.91 Å². The van der Waals surface area contributed by atoms with E-state index in [0.717, 1.165) is 29.6 Å². The van der Waals surface area contributed by atoms with Gasteiger partial charge < -0.3 is 0 Å². The summed E-state index contributed by atoms with van der Waals surface area (Å²) in [6, 6.07) is 0.428. The van der Waals surface area contributed by atoms with Crippen molar-refractivity contribution in [1.29, 1.82) is 0 Å². The lowest BCUT2D eigenvalue weighted by Gasteiger charge is -2.20. The standard InChI is InChI=1S/C10H16N2O/c1-5-2-6-7-4-9(7)10(11-12-13)8(6)3-5/h5-10H,2-4H2,1H3,(H,11,13). The van der Waals surface area contributed by atoms with Crippen molar-refractivity contribution in [2.75, 3.05) is 0 Å². The van der Waals surface area contributed by atoms with Crippen LogP contribution in [0.5, 0.6) is 0 Å². The molecule has 0 aromatic heterocycles. The van der Waals surface area contributed by atoms with Gasteiger partial charge in [0.2, 0.25) is 0 Å². The molecule has 3 nitrogen and oxygen atoms in total. The summed E-state index contributed by atoms with van der Waals surface area (Å²) in [5.74, 6) is 4.28. The molecule has 3 heteroatoms. The maximum Gasteiger partial charge on any atom is 0.0534 e. The van der Waals surface area contributed by atoms with Gasteiger partial charge in [-0.3, -0.25) is 5.43 Å². The predicted molar refractivity (Wildman–Crippen MR) is 49.7 cm³/mol. The van der Waals surface area contributed by atoms with Crippen LogP contribution in [0.4, 0.5) is 0 Å². The molecule has 0 amide bonds. The van der Waals surface area contributed by atoms with Crippen molar-refractivity contribution < 1.29 is 0 Å². The zero-order chi connectivity index (χ0) is 9.00. The van der Waals surface area contributed by atoms with Crippen LogP contribution in [0.3, 0.4) is 0 Å². The van der Waals surface area contributed by atoms with Gasteiger partial charge in [0.1, 0.15) is 0 Å². The monoisotopic (exact) mass is 180 g/mol. The Labute approximate surface area is 78.2 Å². The molecule has 0 aliphatic heterocycles. The van der Waals surface area contributed by atoms with Crippen LogP contribution in [0.25, 0.3) is 0 Å². The third-order valence-electron chi connectivity index (χ3n) is 4.46. The summed E-state index contributed by atoms with van der Waals surface area (Å²) in [5.41, 5.74) is 2.80. The van der Waals surface area contributed by atoms with Crippen molar-refractivity contribution in [2.45, 2.75) is 32.2 Å². The Morgan fingerprint density at radius 2 is 1.69 bits per heavy atom. The molecule has 0 aromatic carbocycles. The van der Waals surface area contributed by atoms with Gasteiger partial charge in [0.05, 0.1) is 6.04 Å². The Hall–Kier alpha value is -0.600. The van der Waals surface area contributed by atoms with E-state index in [1.54, 1.807) is 0 Å². The minimum Gasteiger partial charge on any atom is -0.270 e. The minimum absolute atomic E-state index is 0.428. The Balaban J connectivity index is 1.79. The third kappa shape index (κ3) is 0.960. The SMILES string of the molecule is CC1CC2C3CC3C(NN=O)C2C1. The largest absolute Gasteiger partial charge is 0.270 e. The molecular formula is C10H16N2O. The summed E-state index contributed by atoms with van der Waals surface area (Å²) in [5, 5.41) is 2.88. The first-order valence-corrected chi connectivity index (χ1v) is 5.39. The zero-order valence-corrected chi connectivity index (χ0v) is 7.94. The molecular weight excluding hydrogens is 164 g/mol. The molecule has 3 saturated carbocycles. The van der Waals surface area contributed by atoms with Crippen LogP contribution in [-0.4, -0.2) is 6.04 Å². The summed E-state index contributed by atoms with van der Waals surface area (Å²) in [4.78, 5) is 10.2. The first-order valence-electron chi connectivity index (χ1n) is 5.39. The van der Waals surface area contributed by atoms with Gasteiger partial charge in [0.15, 0.2) is 0 Å². The lowest BCUT2D eigenvalue weighted by molar-refractivity contribution is 0.316. The first kappa shape index (κ1) is 7.77. The number of hydrogen-bond donors (Lipinski definition) is 1. The van der Waals surface area contributed by atoms with Gasteiger partial charge in [-0.25, -0.2) is 0 Å². The molecule has 1 N–H and O–H groups in total. The second-order valence-electron chi connectivity index (χ2n) is 5.21. The van der Waals surface area contributed by atoms with E-state index in [0.29, 0.717) is 6.04 Å². The second kappa shape index (κ2) is 2.46. The number of rotatable bonds is 2. The van der Waals surface area contributed by atoms with Crippen LogP contribution < -0.4 is 5.43 Å². The molecule has 3 aliphatic rings. The minimum atomic E-state index is 0.428. The highest BCUT2D eigenvalue weighted by molar-refractivity contribution is 5.12. The van der Waals surface area contributed by atoms with E-state index in [1.165, 1.54) is 19.3 Å². The molecule has 0 bridgehead atoms. The van der Waals surface area contributed by atoms with E-state index in [1.807, 2.05) is 0 Å². The van der Waals surface area contributed by atoms with Crippen molar-refractivity contribution in [1.82, 2.24) is 5.43 Å². The maximum atomic E-state index is 10.2. The van der Waals surface area contributed by atoms with E-state index in [2.05, 4.69) is 17.6 Å². The average molecular weight is 180 g/mol. The summed E-state index contributed by atoms with van der Waals surface area (Å²) < 4.78 is 0. The number of hydrogen-bond acceptors (Lipinski definition) is 2. The molecule has 3 rings (SSSR count). The smallest absolute Gasteiger partial charge is 0.0534 e. The molecule has 6 atom stereocenters. The molecule has 0 aromatic rings. The lowest BCUT2D eigenvalue weighted by Crippen LogP contribution is -2.32. The van der Waals surface area contributed by atoms with Crippen molar-refractivity contribution in [2.24, 2.45) is 34.9 Å². The number of fused-ring (bicyclic) bond motifs is 3. The molecule has 3 fully saturated rings. The molecule has 6 unspecified atom stereocenters. The van der Waals surface area contributed by atoms with Crippen LogP contribution >= 0.6 is 0 Å². The number of nitroso groups, excluding NO2 is 1. The topological polar surface area (TPSA) is 41.5 Å². The molecule has 0 radical (unpaired) electrons. The van der Waals surface area contributed by atoms with Crippen LogP contribution in [0.15, 0.2) is 5.29 Å². The second-order valence-corrected chi connectivity index (χ2v) is 5.21. The summed E-state index contributed by atoms with van der Waals surface area (Å²) >= 11 is 0. The van der Waals surface area contributed by atoms with Gasteiger partial charge in [-0.15, -0.1) is 4.91 Å². The Morgan fingerprint density at radius 3 is 2.46 bits per heavy atom. The highest BCUT2D eigenvalue weighted by atomic mass is 16.3. The van der Waals surface area contributed by atoms with Gasteiger partial charge in [-0.05, 0) is 48.9 Å². The van der Waals surface area contributed by atoms with Crippen molar-refractivity contribution in [3.8, 4) is 0 Å². The van der Waals surface area contributed by atoms with Gasteiger partial charge >= 0.3 is 0 Å². The fourth-order valence-corrected chi connectivity index (χ4v) is 3.99.